The Kier molecular flexibility index (Phi) is 3.50. The molecule has 0 radical (unpaired) electrons. The average Bonchev–Trinajstić information content (AvgIpc) is 3.26. The van der Waals surface area contributed by atoms with E-state index in [1.165, 1.54) is 9.36 Å². The normalized spacial score (nSPS) is 19.0. The quantitative estimate of drug-likeness (QED) is 0.793. The van der Waals surface area contributed by atoms with Crippen LogP contribution in [-0.2, 0) is 14.1 Å². The summed E-state index contributed by atoms with van der Waals surface area (Å²) in [6.45, 7) is 1.30. The molecule has 2 aromatic heterocycles. The number of rotatable bonds is 3. The molecule has 3 heterocycles. The molecule has 1 saturated heterocycles. The highest BCUT2D eigenvalue weighted by Crippen LogP contribution is 2.37. The molecule has 0 aromatic carbocycles. The van der Waals surface area contributed by atoms with Gasteiger partial charge in [0.15, 0.2) is 5.69 Å². The van der Waals surface area contributed by atoms with Gasteiger partial charge in [0.25, 0.3) is 5.91 Å². The average molecular weight is 331 g/mol. The molecule has 0 spiro atoms. The molecule has 1 aliphatic heterocycles. The van der Waals surface area contributed by atoms with Gasteiger partial charge < -0.3 is 4.90 Å². The van der Waals surface area contributed by atoms with Gasteiger partial charge in [-0.05, 0) is 25.7 Å². The monoisotopic (exact) mass is 331 g/mol. The minimum absolute atomic E-state index is 0.0226. The second kappa shape index (κ2) is 5.57. The fraction of sp³-hybridized carbons (Fsp3) is 0.667. The van der Waals surface area contributed by atoms with Crippen LogP contribution in [0.25, 0.3) is 0 Å². The maximum atomic E-state index is 12.4. The van der Waals surface area contributed by atoms with Gasteiger partial charge in [-0.1, -0.05) is 5.21 Å². The molecular weight excluding hydrogens is 310 g/mol. The van der Waals surface area contributed by atoms with E-state index in [1.54, 1.807) is 20.3 Å². The van der Waals surface area contributed by atoms with E-state index in [2.05, 4.69) is 15.4 Å². The Hall–Kier alpha value is -2.45. The van der Waals surface area contributed by atoms with Crippen molar-refractivity contribution in [1.29, 1.82) is 0 Å². The Labute approximate surface area is 138 Å². The lowest BCUT2D eigenvalue weighted by Crippen LogP contribution is -2.38. The molecule has 1 amide bonds. The zero-order chi connectivity index (χ0) is 16.8. The summed E-state index contributed by atoms with van der Waals surface area (Å²) in [5.41, 5.74) is 0.356. The van der Waals surface area contributed by atoms with Crippen molar-refractivity contribution in [2.75, 3.05) is 13.1 Å². The SMILES string of the molecule is Cn1cc(C(=O)N2CCC(c3nn(C)c(=O)n3C3CC3)CC2)nn1. The van der Waals surface area contributed by atoms with Gasteiger partial charge in [0, 0.05) is 39.1 Å². The second-order valence-corrected chi connectivity index (χ2v) is 6.71. The second-order valence-electron chi connectivity index (χ2n) is 6.71. The Morgan fingerprint density at radius 1 is 1.17 bits per heavy atom. The number of likely N-dealkylation sites (tertiary alicyclic amines) is 1. The highest BCUT2D eigenvalue weighted by Gasteiger charge is 2.34. The van der Waals surface area contributed by atoms with Crippen LogP contribution >= 0.6 is 0 Å². The van der Waals surface area contributed by atoms with E-state index in [4.69, 9.17) is 0 Å². The molecule has 1 saturated carbocycles. The predicted molar refractivity (Wildman–Crippen MR) is 84.6 cm³/mol. The Balaban J connectivity index is 1.48. The van der Waals surface area contributed by atoms with E-state index < -0.39 is 0 Å². The summed E-state index contributed by atoms with van der Waals surface area (Å²) in [4.78, 5) is 26.5. The third kappa shape index (κ3) is 2.53. The minimum Gasteiger partial charge on any atom is -0.337 e. The van der Waals surface area contributed by atoms with Crippen LogP contribution in [0.15, 0.2) is 11.0 Å². The summed E-state index contributed by atoms with van der Waals surface area (Å²) in [6, 6.07) is 0.320. The van der Waals surface area contributed by atoms with Crippen LogP contribution in [-0.4, -0.2) is 53.2 Å². The van der Waals surface area contributed by atoms with E-state index in [1.807, 2.05) is 9.47 Å². The Morgan fingerprint density at radius 3 is 2.46 bits per heavy atom. The van der Waals surface area contributed by atoms with E-state index in [0.717, 1.165) is 31.5 Å². The van der Waals surface area contributed by atoms with E-state index in [-0.39, 0.29) is 17.5 Å². The fourth-order valence-electron chi connectivity index (χ4n) is 3.40. The topological polar surface area (TPSA) is 90.8 Å². The van der Waals surface area contributed by atoms with Gasteiger partial charge in [-0.3, -0.25) is 14.0 Å². The number of hydrogen-bond donors (Lipinski definition) is 0. The van der Waals surface area contributed by atoms with Gasteiger partial charge in [-0.15, -0.1) is 5.10 Å². The Bertz CT molecular complexity index is 821. The van der Waals surface area contributed by atoms with Gasteiger partial charge in [0.2, 0.25) is 0 Å². The first-order chi connectivity index (χ1) is 11.5. The van der Waals surface area contributed by atoms with Crippen LogP contribution in [0.3, 0.4) is 0 Å². The number of carbonyl (C=O) groups is 1. The van der Waals surface area contributed by atoms with Crippen molar-refractivity contribution >= 4 is 5.91 Å². The molecule has 2 aliphatic rings. The van der Waals surface area contributed by atoms with Crippen LogP contribution in [0.1, 0.15) is 54.0 Å². The van der Waals surface area contributed by atoms with Gasteiger partial charge in [-0.2, -0.15) is 5.10 Å². The van der Waals surface area contributed by atoms with Crippen molar-refractivity contribution in [1.82, 2.24) is 34.2 Å². The number of aryl methyl sites for hydroxylation is 2. The van der Waals surface area contributed by atoms with Crippen molar-refractivity contribution in [2.45, 2.75) is 37.6 Å². The lowest BCUT2D eigenvalue weighted by atomic mass is 9.95. The van der Waals surface area contributed by atoms with E-state index in [0.29, 0.717) is 24.8 Å². The number of hydrogen-bond acceptors (Lipinski definition) is 5. The highest BCUT2D eigenvalue weighted by atomic mass is 16.2. The van der Waals surface area contributed by atoms with Crippen LogP contribution in [0.4, 0.5) is 0 Å². The fourth-order valence-corrected chi connectivity index (χ4v) is 3.40. The molecule has 0 unspecified atom stereocenters. The summed E-state index contributed by atoms with van der Waals surface area (Å²) >= 11 is 0. The number of aromatic nitrogens is 6. The summed E-state index contributed by atoms with van der Waals surface area (Å²) in [7, 11) is 3.45. The smallest absolute Gasteiger partial charge is 0.337 e. The summed E-state index contributed by atoms with van der Waals surface area (Å²) in [6.07, 6.45) is 5.38. The van der Waals surface area contributed by atoms with Gasteiger partial charge in [0.05, 0.1) is 6.20 Å². The van der Waals surface area contributed by atoms with Crippen molar-refractivity contribution in [2.24, 2.45) is 14.1 Å². The number of amides is 1. The first kappa shape index (κ1) is 15.1. The first-order valence-electron chi connectivity index (χ1n) is 8.35. The lowest BCUT2D eigenvalue weighted by Gasteiger charge is -2.31. The summed E-state index contributed by atoms with van der Waals surface area (Å²) < 4.78 is 4.83. The first-order valence-corrected chi connectivity index (χ1v) is 8.35. The number of piperidine rings is 1. The van der Waals surface area contributed by atoms with Gasteiger partial charge in [0.1, 0.15) is 5.82 Å². The maximum Gasteiger partial charge on any atom is 0.345 e. The number of carbonyl (C=O) groups excluding carboxylic acids is 1. The standard InChI is InChI=1S/C15H21N7O2/c1-19-9-12(16-18-19)14(23)21-7-5-10(6-8-21)13-17-20(2)15(24)22(13)11-3-4-11/h9-11H,3-8H2,1-2H3. The molecule has 0 atom stereocenters. The molecule has 9 heteroatoms. The molecule has 2 fully saturated rings. The largest absolute Gasteiger partial charge is 0.345 e. The predicted octanol–water partition coefficient (Wildman–Crippen LogP) is 0.0650. The third-order valence-corrected chi connectivity index (χ3v) is 4.86. The minimum atomic E-state index is -0.0813. The molecule has 128 valence electrons. The lowest BCUT2D eigenvalue weighted by molar-refractivity contribution is 0.0704. The number of nitrogens with zero attached hydrogens (tertiary/aromatic N) is 7. The zero-order valence-electron chi connectivity index (χ0n) is 13.9. The molecule has 0 bridgehead atoms. The summed E-state index contributed by atoms with van der Waals surface area (Å²) in [5, 5.41) is 12.2. The van der Waals surface area contributed by atoms with Crippen molar-refractivity contribution in [3.05, 3.63) is 28.2 Å². The highest BCUT2D eigenvalue weighted by molar-refractivity contribution is 5.91. The van der Waals surface area contributed by atoms with E-state index in [9.17, 15) is 9.59 Å². The van der Waals surface area contributed by atoms with Gasteiger partial charge >= 0.3 is 5.69 Å². The molecule has 2 aromatic rings. The molecule has 4 rings (SSSR count). The van der Waals surface area contributed by atoms with Crippen molar-refractivity contribution < 1.29 is 4.79 Å². The third-order valence-electron chi connectivity index (χ3n) is 4.86. The van der Waals surface area contributed by atoms with Crippen LogP contribution < -0.4 is 5.69 Å². The molecule has 24 heavy (non-hydrogen) atoms. The Morgan fingerprint density at radius 2 is 1.88 bits per heavy atom. The molecule has 9 nitrogen and oxygen atoms in total. The zero-order valence-corrected chi connectivity index (χ0v) is 13.9. The van der Waals surface area contributed by atoms with Crippen molar-refractivity contribution in [3.63, 3.8) is 0 Å². The van der Waals surface area contributed by atoms with E-state index >= 15 is 0 Å². The van der Waals surface area contributed by atoms with Gasteiger partial charge in [-0.25, -0.2) is 9.48 Å². The molecular formula is C15H21N7O2. The van der Waals surface area contributed by atoms with Crippen LogP contribution in [0.2, 0.25) is 0 Å². The van der Waals surface area contributed by atoms with Crippen molar-refractivity contribution in [3.8, 4) is 0 Å². The molecule has 1 aliphatic carbocycles. The summed E-state index contributed by atoms with van der Waals surface area (Å²) in [5.74, 6) is 1.03. The van der Waals surface area contributed by atoms with Crippen LogP contribution in [0.5, 0.6) is 0 Å². The maximum absolute atomic E-state index is 12.4. The van der Waals surface area contributed by atoms with Crippen LogP contribution in [0, 0.1) is 0 Å². The molecule has 0 N–H and O–H groups in total.